The van der Waals surface area contributed by atoms with Gasteiger partial charge in [-0.15, -0.1) is 0 Å². The van der Waals surface area contributed by atoms with E-state index in [4.69, 9.17) is 4.42 Å². The molecule has 2 rings (SSSR count). The average molecular weight is 248 g/mol. The van der Waals surface area contributed by atoms with Crippen molar-refractivity contribution in [3.8, 4) is 0 Å². The number of halogens is 1. The Morgan fingerprint density at radius 3 is 2.50 bits per heavy atom. The number of hydrogen-bond acceptors (Lipinski definition) is 3. The van der Waals surface area contributed by atoms with Crippen LogP contribution < -0.4 is 10.9 Å². The summed E-state index contributed by atoms with van der Waals surface area (Å²) >= 11 is 0. The molecule has 0 aliphatic rings. The number of carbonyl (C=O) groups excluding carboxylic acids is 2. The number of amides is 2. The number of furan rings is 1. The SMILES string of the molecule is O=C(NNC(=O)c1ccco1)c1cccc(F)c1. The Balaban J connectivity index is 1.95. The highest BCUT2D eigenvalue weighted by Gasteiger charge is 2.11. The zero-order valence-corrected chi connectivity index (χ0v) is 9.14. The number of hydrogen-bond donors (Lipinski definition) is 2. The first-order valence-corrected chi connectivity index (χ1v) is 5.06. The fourth-order valence-corrected chi connectivity index (χ4v) is 1.28. The van der Waals surface area contributed by atoms with E-state index < -0.39 is 17.6 Å². The third kappa shape index (κ3) is 2.73. The van der Waals surface area contributed by atoms with Crippen LogP contribution in [0.2, 0.25) is 0 Å². The van der Waals surface area contributed by atoms with Crippen molar-refractivity contribution in [3.05, 3.63) is 59.8 Å². The first kappa shape index (κ1) is 11.8. The van der Waals surface area contributed by atoms with Crippen LogP contribution in [0.15, 0.2) is 47.1 Å². The van der Waals surface area contributed by atoms with E-state index in [1.165, 1.54) is 30.5 Å². The molecule has 18 heavy (non-hydrogen) atoms. The van der Waals surface area contributed by atoms with Crippen LogP contribution in [0, 0.1) is 5.82 Å². The van der Waals surface area contributed by atoms with Crippen LogP contribution in [0.1, 0.15) is 20.9 Å². The van der Waals surface area contributed by atoms with Gasteiger partial charge < -0.3 is 4.42 Å². The molecule has 2 N–H and O–H groups in total. The van der Waals surface area contributed by atoms with Gasteiger partial charge in [0, 0.05) is 5.56 Å². The fourth-order valence-electron chi connectivity index (χ4n) is 1.28. The Morgan fingerprint density at radius 1 is 1.06 bits per heavy atom. The molecule has 0 atom stereocenters. The van der Waals surface area contributed by atoms with Gasteiger partial charge in [0.25, 0.3) is 5.91 Å². The highest BCUT2D eigenvalue weighted by Crippen LogP contribution is 2.03. The van der Waals surface area contributed by atoms with Crippen molar-refractivity contribution in [2.45, 2.75) is 0 Å². The number of nitrogens with one attached hydrogen (secondary N) is 2. The van der Waals surface area contributed by atoms with Crippen LogP contribution in [0.5, 0.6) is 0 Å². The zero-order chi connectivity index (χ0) is 13.0. The molecule has 6 heteroatoms. The van der Waals surface area contributed by atoms with Crippen molar-refractivity contribution in [1.82, 2.24) is 10.9 Å². The van der Waals surface area contributed by atoms with Crippen molar-refractivity contribution in [2.75, 3.05) is 0 Å². The van der Waals surface area contributed by atoms with Crippen molar-refractivity contribution in [1.29, 1.82) is 0 Å². The normalized spacial score (nSPS) is 9.83. The quantitative estimate of drug-likeness (QED) is 0.791. The third-order valence-electron chi connectivity index (χ3n) is 2.12. The van der Waals surface area contributed by atoms with E-state index in [1.807, 2.05) is 0 Å². The highest BCUT2D eigenvalue weighted by molar-refractivity contribution is 5.97. The lowest BCUT2D eigenvalue weighted by Gasteiger charge is -2.05. The van der Waals surface area contributed by atoms with Crippen LogP contribution in [-0.4, -0.2) is 11.8 Å². The molecule has 0 aliphatic heterocycles. The summed E-state index contributed by atoms with van der Waals surface area (Å²) in [5, 5.41) is 0. The van der Waals surface area contributed by atoms with E-state index >= 15 is 0 Å². The summed E-state index contributed by atoms with van der Waals surface area (Å²) in [5.41, 5.74) is 4.40. The van der Waals surface area contributed by atoms with Crippen molar-refractivity contribution >= 4 is 11.8 Å². The van der Waals surface area contributed by atoms with Crippen LogP contribution in [-0.2, 0) is 0 Å². The van der Waals surface area contributed by atoms with Crippen LogP contribution in [0.4, 0.5) is 4.39 Å². The van der Waals surface area contributed by atoms with Gasteiger partial charge in [0.15, 0.2) is 5.76 Å². The number of carbonyl (C=O) groups is 2. The van der Waals surface area contributed by atoms with E-state index in [0.717, 1.165) is 6.07 Å². The Hall–Kier alpha value is -2.63. The topological polar surface area (TPSA) is 71.3 Å². The van der Waals surface area contributed by atoms with Crippen LogP contribution >= 0.6 is 0 Å². The molecule has 92 valence electrons. The van der Waals surface area contributed by atoms with E-state index in [1.54, 1.807) is 6.07 Å². The highest BCUT2D eigenvalue weighted by atomic mass is 19.1. The average Bonchev–Trinajstić information content (AvgIpc) is 2.89. The maximum atomic E-state index is 12.9. The van der Waals surface area contributed by atoms with Crippen LogP contribution in [0.25, 0.3) is 0 Å². The van der Waals surface area contributed by atoms with Gasteiger partial charge in [-0.3, -0.25) is 20.4 Å². The molecular formula is C12H9FN2O3. The van der Waals surface area contributed by atoms with Gasteiger partial charge in [-0.1, -0.05) is 6.07 Å². The minimum Gasteiger partial charge on any atom is -0.459 e. The molecule has 2 aromatic rings. The predicted octanol–water partition coefficient (Wildman–Crippen LogP) is 1.49. The van der Waals surface area contributed by atoms with E-state index in [0.29, 0.717) is 0 Å². The summed E-state index contributed by atoms with van der Waals surface area (Å²) in [6, 6.07) is 8.11. The molecule has 1 aromatic carbocycles. The summed E-state index contributed by atoms with van der Waals surface area (Å²) in [7, 11) is 0. The summed E-state index contributed by atoms with van der Waals surface area (Å²) in [6.45, 7) is 0. The van der Waals surface area contributed by atoms with Crippen molar-refractivity contribution in [2.24, 2.45) is 0 Å². The molecule has 0 saturated heterocycles. The van der Waals surface area contributed by atoms with Gasteiger partial charge in [-0.25, -0.2) is 4.39 Å². The van der Waals surface area contributed by atoms with Gasteiger partial charge in [0.1, 0.15) is 5.82 Å². The largest absolute Gasteiger partial charge is 0.459 e. The van der Waals surface area contributed by atoms with Crippen LogP contribution in [0.3, 0.4) is 0 Å². The Morgan fingerprint density at radius 2 is 1.83 bits per heavy atom. The number of rotatable bonds is 2. The first-order chi connectivity index (χ1) is 8.66. The van der Waals surface area contributed by atoms with E-state index in [9.17, 15) is 14.0 Å². The van der Waals surface area contributed by atoms with Gasteiger partial charge in [0.2, 0.25) is 0 Å². The lowest BCUT2D eigenvalue weighted by Crippen LogP contribution is -2.41. The molecule has 0 bridgehead atoms. The first-order valence-electron chi connectivity index (χ1n) is 5.06. The van der Waals surface area contributed by atoms with Gasteiger partial charge in [-0.2, -0.15) is 0 Å². The molecule has 0 aliphatic carbocycles. The lowest BCUT2D eigenvalue weighted by atomic mass is 10.2. The zero-order valence-electron chi connectivity index (χ0n) is 9.14. The summed E-state index contributed by atoms with van der Waals surface area (Å²) in [4.78, 5) is 23.0. The van der Waals surface area contributed by atoms with Gasteiger partial charge >= 0.3 is 5.91 Å². The van der Waals surface area contributed by atoms with E-state index in [-0.39, 0.29) is 11.3 Å². The molecule has 1 heterocycles. The maximum absolute atomic E-state index is 12.9. The number of benzene rings is 1. The number of hydrazine groups is 1. The van der Waals surface area contributed by atoms with Gasteiger partial charge in [0.05, 0.1) is 6.26 Å². The van der Waals surface area contributed by atoms with E-state index in [2.05, 4.69) is 10.9 Å². The Kier molecular flexibility index (Phi) is 3.38. The Bertz CT molecular complexity index is 566. The molecule has 0 fully saturated rings. The monoisotopic (exact) mass is 248 g/mol. The van der Waals surface area contributed by atoms with Gasteiger partial charge in [-0.05, 0) is 30.3 Å². The maximum Gasteiger partial charge on any atom is 0.305 e. The Labute approximate surface area is 102 Å². The molecule has 0 unspecified atom stereocenters. The van der Waals surface area contributed by atoms with Crippen molar-refractivity contribution in [3.63, 3.8) is 0 Å². The second-order valence-electron chi connectivity index (χ2n) is 3.40. The smallest absolute Gasteiger partial charge is 0.305 e. The second-order valence-corrected chi connectivity index (χ2v) is 3.40. The van der Waals surface area contributed by atoms with Crippen molar-refractivity contribution < 1.29 is 18.4 Å². The standard InChI is InChI=1S/C12H9FN2O3/c13-9-4-1-3-8(7-9)11(16)14-15-12(17)10-5-2-6-18-10/h1-7H,(H,14,16)(H,15,17). The molecule has 0 radical (unpaired) electrons. The molecule has 0 spiro atoms. The summed E-state index contributed by atoms with van der Waals surface area (Å²) in [5.74, 6) is -1.67. The second kappa shape index (κ2) is 5.13. The minimum absolute atomic E-state index is 0.0644. The molecular weight excluding hydrogens is 239 g/mol. The molecule has 2 amide bonds. The predicted molar refractivity (Wildman–Crippen MR) is 60.0 cm³/mol. The molecule has 5 nitrogen and oxygen atoms in total. The minimum atomic E-state index is -0.616. The summed E-state index contributed by atoms with van der Waals surface area (Å²) < 4.78 is 17.7. The fraction of sp³-hybridized carbons (Fsp3) is 0. The molecule has 0 saturated carbocycles. The summed E-state index contributed by atoms with van der Waals surface area (Å²) in [6.07, 6.45) is 1.34. The lowest BCUT2D eigenvalue weighted by molar-refractivity contribution is 0.0830. The molecule has 1 aromatic heterocycles. The third-order valence-corrected chi connectivity index (χ3v) is 2.12.